The third-order valence-electron chi connectivity index (χ3n) is 3.20. The first-order valence-electron chi connectivity index (χ1n) is 6.76. The van der Waals surface area contributed by atoms with Crippen molar-refractivity contribution >= 4 is 11.9 Å². The molecule has 0 aliphatic rings. The summed E-state index contributed by atoms with van der Waals surface area (Å²) in [6, 6.07) is 5.90. The maximum atomic E-state index is 12.2. The number of aliphatic carboxylic acids is 1. The van der Waals surface area contributed by atoms with E-state index in [0.29, 0.717) is 24.3 Å². The van der Waals surface area contributed by atoms with Gasteiger partial charge in [-0.2, -0.15) is 0 Å². The second kappa shape index (κ2) is 7.53. The molecule has 1 aromatic rings. The lowest BCUT2D eigenvalue weighted by Crippen LogP contribution is -2.45. The Bertz CT molecular complexity index is 473. The third-order valence-corrected chi connectivity index (χ3v) is 3.20. The van der Waals surface area contributed by atoms with E-state index in [1.807, 2.05) is 13.8 Å². The fourth-order valence-electron chi connectivity index (χ4n) is 1.84. The highest BCUT2D eigenvalue weighted by Crippen LogP contribution is 2.18. The van der Waals surface area contributed by atoms with E-state index in [0.717, 1.165) is 0 Å². The van der Waals surface area contributed by atoms with Crippen molar-refractivity contribution in [2.45, 2.75) is 33.2 Å². The molecule has 0 aromatic heterocycles. The second-order valence-electron chi connectivity index (χ2n) is 4.60. The van der Waals surface area contributed by atoms with Crippen molar-refractivity contribution in [3.63, 3.8) is 0 Å². The van der Waals surface area contributed by atoms with Crippen molar-refractivity contribution in [3.05, 3.63) is 29.8 Å². The zero-order valence-electron chi connectivity index (χ0n) is 12.1. The van der Waals surface area contributed by atoms with Gasteiger partial charge in [-0.15, -0.1) is 0 Å². The van der Waals surface area contributed by atoms with Gasteiger partial charge in [0.15, 0.2) is 0 Å². The summed E-state index contributed by atoms with van der Waals surface area (Å²) in [6.07, 6.45) is 0.671. The Kier molecular flexibility index (Phi) is 6.03. The van der Waals surface area contributed by atoms with E-state index in [2.05, 4.69) is 5.32 Å². The average Bonchev–Trinajstić information content (AvgIpc) is 2.44. The zero-order chi connectivity index (χ0) is 15.1. The van der Waals surface area contributed by atoms with Crippen molar-refractivity contribution in [1.29, 1.82) is 0 Å². The van der Waals surface area contributed by atoms with E-state index in [-0.39, 0.29) is 5.92 Å². The summed E-state index contributed by atoms with van der Waals surface area (Å²) in [6.45, 7) is 5.96. The first-order valence-corrected chi connectivity index (χ1v) is 6.76. The summed E-state index contributed by atoms with van der Waals surface area (Å²) in [5, 5.41) is 11.8. The molecule has 0 unspecified atom stereocenters. The van der Waals surface area contributed by atoms with Crippen molar-refractivity contribution in [3.8, 4) is 5.75 Å². The molecule has 0 spiro atoms. The highest BCUT2D eigenvalue weighted by atomic mass is 16.5. The number of carbonyl (C=O) groups excluding carboxylic acids is 1. The maximum Gasteiger partial charge on any atom is 0.326 e. The van der Waals surface area contributed by atoms with Crippen LogP contribution in [0.15, 0.2) is 24.3 Å². The Morgan fingerprint density at radius 3 is 2.50 bits per heavy atom. The number of nitrogens with one attached hydrogen (secondary N) is 1. The number of amides is 1. The Hall–Kier alpha value is -2.04. The smallest absolute Gasteiger partial charge is 0.326 e. The molecule has 0 saturated heterocycles. The molecule has 1 amide bonds. The van der Waals surface area contributed by atoms with Crippen LogP contribution in [0.4, 0.5) is 0 Å². The summed E-state index contributed by atoms with van der Waals surface area (Å²) >= 11 is 0. The van der Waals surface area contributed by atoms with Crippen LogP contribution >= 0.6 is 0 Å². The fourth-order valence-corrected chi connectivity index (χ4v) is 1.84. The van der Waals surface area contributed by atoms with Gasteiger partial charge in [0.1, 0.15) is 11.8 Å². The predicted octanol–water partition coefficient (Wildman–Crippen LogP) is 2.31. The van der Waals surface area contributed by atoms with Gasteiger partial charge in [-0.25, -0.2) is 4.79 Å². The maximum absolute atomic E-state index is 12.2. The molecule has 20 heavy (non-hydrogen) atoms. The van der Waals surface area contributed by atoms with Gasteiger partial charge in [0.25, 0.3) is 5.91 Å². The van der Waals surface area contributed by atoms with Crippen LogP contribution in [-0.4, -0.2) is 29.6 Å². The summed E-state index contributed by atoms with van der Waals surface area (Å²) < 4.78 is 5.38. The Morgan fingerprint density at radius 2 is 1.95 bits per heavy atom. The quantitative estimate of drug-likeness (QED) is 0.803. The highest BCUT2D eigenvalue weighted by Gasteiger charge is 2.26. The van der Waals surface area contributed by atoms with Gasteiger partial charge in [0, 0.05) is 0 Å². The minimum Gasteiger partial charge on any atom is -0.493 e. The van der Waals surface area contributed by atoms with Gasteiger partial charge >= 0.3 is 5.97 Å². The van der Waals surface area contributed by atoms with Gasteiger partial charge in [-0.3, -0.25) is 4.79 Å². The van der Waals surface area contributed by atoms with Crippen LogP contribution in [0.5, 0.6) is 5.75 Å². The van der Waals surface area contributed by atoms with Crippen molar-refractivity contribution < 1.29 is 19.4 Å². The van der Waals surface area contributed by atoms with Gasteiger partial charge in [-0.1, -0.05) is 32.4 Å². The molecule has 0 heterocycles. The minimum absolute atomic E-state index is 0.143. The Morgan fingerprint density at radius 1 is 1.30 bits per heavy atom. The number of benzene rings is 1. The molecule has 0 saturated carbocycles. The molecule has 110 valence electrons. The van der Waals surface area contributed by atoms with Crippen LogP contribution in [0.1, 0.15) is 37.6 Å². The number of para-hydroxylation sites is 1. The SMILES string of the molecule is CCOc1ccccc1C(=O)N[C@H](C(=O)O)[C@@H](C)CC. The van der Waals surface area contributed by atoms with Gasteiger partial charge in [0.2, 0.25) is 0 Å². The van der Waals surface area contributed by atoms with Crippen LogP contribution in [0.2, 0.25) is 0 Å². The lowest BCUT2D eigenvalue weighted by atomic mass is 9.99. The molecule has 2 atom stereocenters. The highest BCUT2D eigenvalue weighted by molar-refractivity contribution is 5.98. The first kappa shape index (κ1) is 16.0. The topological polar surface area (TPSA) is 75.6 Å². The van der Waals surface area contributed by atoms with Crippen LogP contribution in [0, 0.1) is 5.92 Å². The summed E-state index contributed by atoms with van der Waals surface area (Å²) in [5.41, 5.74) is 0.351. The van der Waals surface area contributed by atoms with Gasteiger partial charge < -0.3 is 15.2 Å². The summed E-state index contributed by atoms with van der Waals surface area (Å²) in [4.78, 5) is 23.5. The van der Waals surface area contributed by atoms with E-state index in [4.69, 9.17) is 4.74 Å². The monoisotopic (exact) mass is 279 g/mol. The van der Waals surface area contributed by atoms with E-state index in [9.17, 15) is 14.7 Å². The standard InChI is InChI=1S/C15H21NO4/c1-4-10(3)13(15(18)19)16-14(17)11-8-6-7-9-12(11)20-5-2/h6-10,13H,4-5H2,1-3H3,(H,16,17)(H,18,19)/t10-,13-/m0/s1. The lowest BCUT2D eigenvalue weighted by molar-refractivity contribution is -0.140. The van der Waals surface area contributed by atoms with E-state index in [1.165, 1.54) is 0 Å². The molecule has 2 N–H and O–H groups in total. The van der Waals surface area contributed by atoms with E-state index >= 15 is 0 Å². The molecule has 1 aromatic carbocycles. The molecule has 5 heteroatoms. The number of carboxylic acid groups (broad SMARTS) is 1. The van der Waals surface area contributed by atoms with Crippen molar-refractivity contribution in [1.82, 2.24) is 5.32 Å². The summed E-state index contributed by atoms with van der Waals surface area (Å²) in [5.74, 6) is -1.14. The molecular formula is C15H21NO4. The van der Waals surface area contributed by atoms with Gasteiger partial charge in [0.05, 0.1) is 12.2 Å². The molecule has 5 nitrogen and oxygen atoms in total. The zero-order valence-corrected chi connectivity index (χ0v) is 12.1. The second-order valence-corrected chi connectivity index (χ2v) is 4.60. The Labute approximate surface area is 118 Å². The molecule has 0 radical (unpaired) electrons. The van der Waals surface area contributed by atoms with Crippen molar-refractivity contribution in [2.24, 2.45) is 5.92 Å². The van der Waals surface area contributed by atoms with Crippen LogP contribution in [0.3, 0.4) is 0 Å². The van der Waals surface area contributed by atoms with E-state index < -0.39 is 17.9 Å². The number of rotatable bonds is 7. The normalized spacial score (nSPS) is 13.3. The predicted molar refractivity (Wildman–Crippen MR) is 76.0 cm³/mol. The molecule has 0 fully saturated rings. The molecule has 1 rings (SSSR count). The fraction of sp³-hybridized carbons (Fsp3) is 0.467. The Balaban J connectivity index is 2.92. The van der Waals surface area contributed by atoms with Gasteiger partial charge in [-0.05, 0) is 25.0 Å². The van der Waals surface area contributed by atoms with E-state index in [1.54, 1.807) is 31.2 Å². The average molecular weight is 279 g/mol. The van der Waals surface area contributed by atoms with Crippen molar-refractivity contribution in [2.75, 3.05) is 6.61 Å². The largest absolute Gasteiger partial charge is 0.493 e. The summed E-state index contributed by atoms with van der Waals surface area (Å²) in [7, 11) is 0. The molecule has 0 bridgehead atoms. The lowest BCUT2D eigenvalue weighted by Gasteiger charge is -2.20. The first-order chi connectivity index (χ1) is 9.51. The number of hydrogen-bond donors (Lipinski definition) is 2. The van der Waals surface area contributed by atoms with Crippen LogP contribution in [0.25, 0.3) is 0 Å². The number of carbonyl (C=O) groups is 2. The van der Waals surface area contributed by atoms with Crippen LogP contribution in [-0.2, 0) is 4.79 Å². The molecule has 0 aliphatic carbocycles. The molecular weight excluding hydrogens is 258 g/mol. The number of hydrogen-bond acceptors (Lipinski definition) is 3. The minimum atomic E-state index is -1.03. The third kappa shape index (κ3) is 3.98. The number of ether oxygens (including phenoxy) is 1. The number of carboxylic acids is 1. The van der Waals surface area contributed by atoms with Crippen LogP contribution < -0.4 is 10.1 Å². The molecule has 0 aliphatic heterocycles.